The first-order valence-corrected chi connectivity index (χ1v) is 12.8. The second-order valence-corrected chi connectivity index (χ2v) is 10.1. The van der Waals surface area contributed by atoms with Gasteiger partial charge in [-0.1, -0.05) is 64.5 Å². The predicted molar refractivity (Wildman–Crippen MR) is 144 cm³/mol. The number of hydrogen-bond donors (Lipinski definition) is 3. The lowest BCUT2D eigenvalue weighted by Gasteiger charge is -2.20. The van der Waals surface area contributed by atoms with Gasteiger partial charge >= 0.3 is 12.1 Å². The van der Waals surface area contributed by atoms with Gasteiger partial charge in [0, 0.05) is 20.4 Å². The summed E-state index contributed by atoms with van der Waals surface area (Å²) in [4.78, 5) is 36.7. The van der Waals surface area contributed by atoms with E-state index in [4.69, 9.17) is 9.84 Å². The number of rotatable bonds is 8. The Kier molecular flexibility index (Phi) is 8.07. The number of anilines is 1. The highest BCUT2D eigenvalue weighted by Crippen LogP contribution is 2.44. The summed E-state index contributed by atoms with van der Waals surface area (Å²) >= 11 is 5.45. The molecular weight excluding hydrogens is 627 g/mol. The number of nitrogens with one attached hydrogen (secondary N) is 2. The fraction of sp³-hybridized carbons (Fsp3) is 0.192. The lowest BCUT2D eigenvalue weighted by Crippen LogP contribution is -2.44. The van der Waals surface area contributed by atoms with Gasteiger partial charge in [0.1, 0.15) is 12.6 Å². The number of alkyl carbamates (subject to hydrolysis) is 1. The highest BCUT2D eigenvalue weighted by atomic mass is 127. The minimum Gasteiger partial charge on any atom is -0.481 e. The summed E-state index contributed by atoms with van der Waals surface area (Å²) in [7, 11) is 0. The average molecular weight is 649 g/mol. The number of carbonyl (C=O) groups is 3. The van der Waals surface area contributed by atoms with Crippen LogP contribution in [0.4, 0.5) is 10.5 Å². The number of carboxylic acids is 1. The molecule has 3 N–H and O–H groups in total. The van der Waals surface area contributed by atoms with Crippen molar-refractivity contribution in [2.24, 2.45) is 0 Å². The Balaban J connectivity index is 1.44. The van der Waals surface area contributed by atoms with Crippen LogP contribution in [0.5, 0.6) is 0 Å². The summed E-state index contributed by atoms with van der Waals surface area (Å²) in [5, 5.41) is 14.4. The molecule has 0 fully saturated rings. The fourth-order valence-corrected chi connectivity index (χ4v) is 4.96. The molecule has 1 aliphatic rings. The van der Waals surface area contributed by atoms with Gasteiger partial charge in [-0.25, -0.2) is 4.79 Å². The van der Waals surface area contributed by atoms with Crippen molar-refractivity contribution in [3.05, 3.63) is 85.9 Å². The summed E-state index contributed by atoms with van der Waals surface area (Å²) in [6.45, 7) is 0.0939. The molecule has 0 saturated heterocycles. The van der Waals surface area contributed by atoms with Gasteiger partial charge in [0.2, 0.25) is 5.91 Å². The molecule has 1 aliphatic carbocycles. The van der Waals surface area contributed by atoms with Crippen molar-refractivity contribution in [1.82, 2.24) is 5.32 Å². The lowest BCUT2D eigenvalue weighted by atomic mass is 9.98. The number of carbonyl (C=O) groups excluding carboxylic acids is 2. The molecule has 0 radical (unpaired) electrons. The standard InChI is InChI=1S/C26H22BrIN2O5/c27-15-9-10-21(28)23(13-15)29-25(33)22(11-12-24(31)32)30-26(34)35-14-20-18-7-3-1-5-16(18)17-6-2-4-8-19(17)20/h1-10,13,20,22H,11-12,14H2,(H,29,33)(H,30,34)(H,31,32). The van der Waals surface area contributed by atoms with Gasteiger partial charge in [-0.15, -0.1) is 0 Å². The number of hydrogen-bond acceptors (Lipinski definition) is 4. The Morgan fingerprint density at radius 3 is 2.26 bits per heavy atom. The highest BCUT2D eigenvalue weighted by Gasteiger charge is 2.30. The minimum atomic E-state index is -1.07. The maximum Gasteiger partial charge on any atom is 0.407 e. The van der Waals surface area contributed by atoms with E-state index in [1.54, 1.807) is 6.07 Å². The SMILES string of the molecule is O=C(O)CCC(NC(=O)OCC1c2ccccc2-c2ccccc21)C(=O)Nc1cc(Br)ccc1I. The summed E-state index contributed by atoms with van der Waals surface area (Å²) in [5.74, 6) is -1.70. The van der Waals surface area contributed by atoms with Crippen LogP contribution in [0.3, 0.4) is 0 Å². The topological polar surface area (TPSA) is 105 Å². The van der Waals surface area contributed by atoms with Crippen LogP contribution in [0, 0.1) is 3.57 Å². The predicted octanol–water partition coefficient (Wildman–Crippen LogP) is 5.76. The normalized spacial score (nSPS) is 12.9. The zero-order valence-electron chi connectivity index (χ0n) is 18.5. The molecule has 3 aromatic carbocycles. The van der Waals surface area contributed by atoms with Crippen LogP contribution in [0.25, 0.3) is 11.1 Å². The molecule has 1 unspecified atom stereocenters. The van der Waals surface area contributed by atoms with Gasteiger partial charge < -0.3 is 20.5 Å². The quantitative estimate of drug-likeness (QED) is 0.269. The number of fused-ring (bicyclic) bond motifs is 3. The maximum atomic E-state index is 12.9. The molecule has 0 heterocycles. The van der Waals surface area contributed by atoms with E-state index in [0.29, 0.717) is 5.69 Å². The Morgan fingerprint density at radius 2 is 1.63 bits per heavy atom. The summed E-state index contributed by atoms with van der Waals surface area (Å²) in [5.41, 5.74) is 4.93. The van der Waals surface area contributed by atoms with E-state index in [-0.39, 0.29) is 25.4 Å². The first-order valence-electron chi connectivity index (χ1n) is 10.9. The molecule has 1 atom stereocenters. The van der Waals surface area contributed by atoms with Crippen LogP contribution in [-0.4, -0.2) is 35.7 Å². The van der Waals surface area contributed by atoms with E-state index in [1.807, 2.05) is 60.7 Å². The van der Waals surface area contributed by atoms with E-state index in [9.17, 15) is 14.4 Å². The van der Waals surface area contributed by atoms with E-state index >= 15 is 0 Å². The number of carboxylic acid groups (broad SMARTS) is 1. The van der Waals surface area contributed by atoms with Gasteiger partial charge in [0.15, 0.2) is 0 Å². The molecule has 35 heavy (non-hydrogen) atoms. The smallest absolute Gasteiger partial charge is 0.407 e. The molecule has 2 amide bonds. The van der Waals surface area contributed by atoms with Crippen LogP contribution < -0.4 is 10.6 Å². The molecule has 0 saturated carbocycles. The molecule has 0 aromatic heterocycles. The molecule has 0 aliphatic heterocycles. The molecule has 0 spiro atoms. The van der Waals surface area contributed by atoms with Gasteiger partial charge in [-0.2, -0.15) is 0 Å². The summed E-state index contributed by atoms with van der Waals surface area (Å²) in [6.07, 6.45) is -1.13. The Morgan fingerprint density at radius 1 is 1.00 bits per heavy atom. The zero-order chi connectivity index (χ0) is 24.9. The fourth-order valence-electron chi connectivity index (χ4n) is 4.13. The van der Waals surface area contributed by atoms with Crippen molar-refractivity contribution < 1.29 is 24.2 Å². The number of halogens is 2. The molecule has 7 nitrogen and oxygen atoms in total. The van der Waals surface area contributed by atoms with E-state index in [2.05, 4.69) is 49.2 Å². The van der Waals surface area contributed by atoms with Crippen molar-refractivity contribution in [2.75, 3.05) is 11.9 Å². The molecular formula is C26H22BrIN2O5. The van der Waals surface area contributed by atoms with Crippen LogP contribution in [0.1, 0.15) is 29.9 Å². The summed E-state index contributed by atoms with van der Waals surface area (Å²) < 4.78 is 7.11. The van der Waals surface area contributed by atoms with Crippen LogP contribution >= 0.6 is 38.5 Å². The Hall–Kier alpha value is -2.92. The van der Waals surface area contributed by atoms with Crippen molar-refractivity contribution in [3.8, 4) is 11.1 Å². The lowest BCUT2D eigenvalue weighted by molar-refractivity contribution is -0.137. The minimum absolute atomic E-state index is 0.0735. The van der Waals surface area contributed by atoms with Crippen LogP contribution in [0.15, 0.2) is 71.2 Å². The van der Waals surface area contributed by atoms with Crippen LogP contribution in [-0.2, 0) is 14.3 Å². The molecule has 0 bridgehead atoms. The van der Waals surface area contributed by atoms with Gasteiger partial charge in [-0.3, -0.25) is 9.59 Å². The van der Waals surface area contributed by atoms with Crippen LogP contribution in [0.2, 0.25) is 0 Å². The van der Waals surface area contributed by atoms with Crippen molar-refractivity contribution >= 4 is 62.2 Å². The molecule has 180 valence electrons. The second kappa shape index (κ2) is 11.2. The number of aliphatic carboxylic acids is 1. The highest BCUT2D eigenvalue weighted by molar-refractivity contribution is 14.1. The second-order valence-electron chi connectivity index (χ2n) is 8.07. The maximum absolute atomic E-state index is 12.9. The van der Waals surface area contributed by atoms with Gasteiger partial charge in [0.25, 0.3) is 0 Å². The number of ether oxygens (including phenoxy) is 1. The van der Waals surface area contributed by atoms with Crippen molar-refractivity contribution in [1.29, 1.82) is 0 Å². The summed E-state index contributed by atoms with van der Waals surface area (Å²) in [6, 6.07) is 20.3. The zero-order valence-corrected chi connectivity index (χ0v) is 22.2. The number of amides is 2. The van der Waals surface area contributed by atoms with E-state index in [1.165, 1.54) is 0 Å². The Bertz CT molecular complexity index is 1240. The monoisotopic (exact) mass is 648 g/mol. The van der Waals surface area contributed by atoms with Gasteiger partial charge in [0.05, 0.1) is 5.69 Å². The van der Waals surface area contributed by atoms with Gasteiger partial charge in [-0.05, 0) is 69.5 Å². The Labute approximate surface area is 224 Å². The largest absolute Gasteiger partial charge is 0.481 e. The molecule has 4 rings (SSSR count). The third kappa shape index (κ3) is 6.02. The third-order valence-corrected chi connectivity index (χ3v) is 7.22. The molecule has 3 aromatic rings. The average Bonchev–Trinajstić information content (AvgIpc) is 3.16. The third-order valence-electron chi connectivity index (χ3n) is 5.79. The first-order chi connectivity index (χ1) is 16.8. The molecule has 9 heteroatoms. The number of benzene rings is 3. The van der Waals surface area contributed by atoms with E-state index < -0.39 is 24.0 Å². The first kappa shape index (κ1) is 25.2. The van der Waals surface area contributed by atoms with E-state index in [0.717, 1.165) is 30.3 Å². The van der Waals surface area contributed by atoms with Crippen molar-refractivity contribution in [3.63, 3.8) is 0 Å². The van der Waals surface area contributed by atoms with Crippen molar-refractivity contribution in [2.45, 2.75) is 24.8 Å².